The summed E-state index contributed by atoms with van der Waals surface area (Å²) in [4.78, 5) is 2.29. The van der Waals surface area contributed by atoms with Gasteiger partial charge in [-0.1, -0.05) is 41.7 Å². The van der Waals surface area contributed by atoms with Crippen LogP contribution in [0.1, 0.15) is 18.2 Å². The summed E-state index contributed by atoms with van der Waals surface area (Å²) in [5, 5.41) is 4.77. The molecule has 0 amide bonds. The molecule has 1 aromatic carbocycles. The number of nitrogens with zero attached hydrogens (tertiary/aromatic N) is 3. The van der Waals surface area contributed by atoms with Crippen molar-refractivity contribution in [2.24, 2.45) is 0 Å². The molecule has 0 atom stereocenters. The van der Waals surface area contributed by atoms with Crippen molar-refractivity contribution in [3.05, 3.63) is 41.6 Å². The summed E-state index contributed by atoms with van der Waals surface area (Å²) < 4.78 is 3.86. The Balaban J connectivity index is 2.00. The molecule has 2 rings (SSSR count). The van der Waals surface area contributed by atoms with Gasteiger partial charge in [-0.25, -0.2) is 0 Å². The lowest BCUT2D eigenvalue weighted by molar-refractivity contribution is 0.268. The van der Waals surface area contributed by atoms with Crippen LogP contribution in [0.15, 0.2) is 30.3 Å². The Kier molecular flexibility index (Phi) is 4.06. The monoisotopic (exact) mass is 248 g/mol. The van der Waals surface area contributed by atoms with E-state index in [-0.39, 0.29) is 0 Å². The average Bonchev–Trinajstić information content (AvgIpc) is 2.75. The van der Waals surface area contributed by atoms with Gasteiger partial charge in [0.25, 0.3) is 0 Å². The third kappa shape index (κ3) is 3.25. The Morgan fingerprint density at radius 1 is 1.24 bits per heavy atom. The van der Waals surface area contributed by atoms with E-state index in [1.165, 1.54) is 17.1 Å². The van der Waals surface area contributed by atoms with Gasteiger partial charge in [0.2, 0.25) is 0 Å². The molecule has 4 nitrogen and oxygen atoms in total. The molecule has 0 saturated carbocycles. The molecule has 0 aliphatic carbocycles. The first-order chi connectivity index (χ1) is 8.29. The van der Waals surface area contributed by atoms with E-state index in [2.05, 4.69) is 45.7 Å². The number of benzene rings is 1. The van der Waals surface area contributed by atoms with Crippen LogP contribution in [0.2, 0.25) is 0 Å². The van der Waals surface area contributed by atoms with Crippen LogP contribution in [0.4, 0.5) is 5.00 Å². The molecular formula is C12H16N4S. The van der Waals surface area contributed by atoms with E-state index in [4.69, 9.17) is 5.73 Å². The van der Waals surface area contributed by atoms with E-state index in [1.807, 2.05) is 6.07 Å². The summed E-state index contributed by atoms with van der Waals surface area (Å²) in [5.41, 5.74) is 7.99. The molecule has 0 saturated heterocycles. The van der Waals surface area contributed by atoms with E-state index in [0.29, 0.717) is 0 Å². The van der Waals surface area contributed by atoms with Crippen molar-refractivity contribution in [1.82, 2.24) is 14.5 Å². The average molecular weight is 248 g/mol. The van der Waals surface area contributed by atoms with Gasteiger partial charge in [-0.15, -0.1) is 5.10 Å². The van der Waals surface area contributed by atoms with E-state index < -0.39 is 0 Å². The van der Waals surface area contributed by atoms with Crippen LogP contribution in [0.3, 0.4) is 0 Å². The summed E-state index contributed by atoms with van der Waals surface area (Å²) in [6.45, 7) is 4.77. The summed E-state index contributed by atoms with van der Waals surface area (Å²) in [6.07, 6.45) is 0. The number of rotatable bonds is 5. The molecule has 2 aromatic rings. The zero-order valence-electron chi connectivity index (χ0n) is 9.84. The summed E-state index contributed by atoms with van der Waals surface area (Å²) in [6, 6.07) is 10.4. The molecular weight excluding hydrogens is 232 g/mol. The van der Waals surface area contributed by atoms with Crippen molar-refractivity contribution >= 4 is 16.5 Å². The Morgan fingerprint density at radius 3 is 2.59 bits per heavy atom. The van der Waals surface area contributed by atoms with Gasteiger partial charge < -0.3 is 5.73 Å². The van der Waals surface area contributed by atoms with Crippen molar-refractivity contribution in [2.75, 3.05) is 12.3 Å². The molecule has 0 spiro atoms. The van der Waals surface area contributed by atoms with Gasteiger partial charge >= 0.3 is 0 Å². The fourth-order valence-electron chi connectivity index (χ4n) is 1.66. The molecule has 1 heterocycles. The largest absolute Gasteiger partial charge is 0.388 e. The predicted octanol–water partition coefficient (Wildman–Crippen LogP) is 2.14. The molecule has 17 heavy (non-hydrogen) atoms. The van der Waals surface area contributed by atoms with Gasteiger partial charge in [-0.05, 0) is 12.1 Å². The molecule has 2 N–H and O–H groups in total. The highest BCUT2D eigenvalue weighted by Crippen LogP contribution is 2.16. The minimum absolute atomic E-state index is 0.719. The first kappa shape index (κ1) is 12.0. The summed E-state index contributed by atoms with van der Waals surface area (Å²) in [7, 11) is 0. The van der Waals surface area contributed by atoms with E-state index in [1.54, 1.807) is 0 Å². The fraction of sp³-hybridized carbons (Fsp3) is 0.333. The van der Waals surface area contributed by atoms with Gasteiger partial charge in [0.1, 0.15) is 10.7 Å². The van der Waals surface area contributed by atoms with Crippen molar-refractivity contribution in [2.45, 2.75) is 20.0 Å². The second-order valence-electron chi connectivity index (χ2n) is 3.87. The third-order valence-electron chi connectivity index (χ3n) is 2.65. The topological polar surface area (TPSA) is 55.0 Å². The van der Waals surface area contributed by atoms with E-state index >= 15 is 0 Å². The van der Waals surface area contributed by atoms with Crippen LogP contribution in [0, 0.1) is 0 Å². The first-order valence-electron chi connectivity index (χ1n) is 5.62. The highest BCUT2D eigenvalue weighted by molar-refractivity contribution is 7.09. The molecule has 0 aliphatic heterocycles. The van der Waals surface area contributed by atoms with Gasteiger partial charge in [-0.2, -0.15) is 0 Å². The van der Waals surface area contributed by atoms with Crippen molar-refractivity contribution in [3.63, 3.8) is 0 Å². The molecule has 5 heteroatoms. The van der Waals surface area contributed by atoms with E-state index in [9.17, 15) is 0 Å². The Morgan fingerprint density at radius 2 is 2.00 bits per heavy atom. The van der Waals surface area contributed by atoms with Crippen LogP contribution >= 0.6 is 11.5 Å². The van der Waals surface area contributed by atoms with Gasteiger partial charge in [-0.3, -0.25) is 4.90 Å². The van der Waals surface area contributed by atoms with Crippen LogP contribution < -0.4 is 5.73 Å². The van der Waals surface area contributed by atoms with Crippen molar-refractivity contribution in [1.29, 1.82) is 0 Å². The maximum Gasteiger partial charge on any atom is 0.132 e. The van der Waals surface area contributed by atoms with Crippen molar-refractivity contribution in [3.8, 4) is 0 Å². The Hall–Kier alpha value is -1.46. The Labute approximate surface area is 105 Å². The highest BCUT2D eigenvalue weighted by Gasteiger charge is 2.10. The number of nitrogens with two attached hydrogens (primary N) is 1. The highest BCUT2D eigenvalue weighted by atomic mass is 32.1. The lowest BCUT2D eigenvalue weighted by atomic mass is 10.2. The predicted molar refractivity (Wildman–Crippen MR) is 70.6 cm³/mol. The van der Waals surface area contributed by atoms with Crippen LogP contribution in [0.5, 0.6) is 0 Å². The summed E-state index contributed by atoms with van der Waals surface area (Å²) in [5.74, 6) is 0. The summed E-state index contributed by atoms with van der Waals surface area (Å²) >= 11 is 1.25. The minimum atomic E-state index is 0.719. The smallest absolute Gasteiger partial charge is 0.132 e. The van der Waals surface area contributed by atoms with E-state index in [0.717, 1.165) is 30.3 Å². The SMILES string of the molecule is CCN(Cc1ccccc1)Cc1nnsc1N. The lowest BCUT2D eigenvalue weighted by Crippen LogP contribution is -2.22. The number of hydrogen-bond acceptors (Lipinski definition) is 5. The molecule has 0 fully saturated rings. The number of anilines is 1. The van der Waals surface area contributed by atoms with Gasteiger partial charge in [0.05, 0.1) is 0 Å². The zero-order chi connectivity index (χ0) is 12.1. The Bertz CT molecular complexity index is 455. The van der Waals surface area contributed by atoms with Crippen molar-refractivity contribution < 1.29 is 0 Å². The molecule has 90 valence electrons. The third-order valence-corrected chi connectivity index (χ3v) is 3.25. The maximum atomic E-state index is 5.80. The molecule has 1 aromatic heterocycles. The van der Waals surface area contributed by atoms with Crippen LogP contribution in [-0.2, 0) is 13.1 Å². The second-order valence-corrected chi connectivity index (χ2v) is 4.66. The maximum absolute atomic E-state index is 5.80. The fourth-order valence-corrected chi connectivity index (χ4v) is 2.10. The zero-order valence-corrected chi connectivity index (χ0v) is 10.7. The lowest BCUT2D eigenvalue weighted by Gasteiger charge is -2.19. The first-order valence-corrected chi connectivity index (χ1v) is 6.40. The number of aromatic nitrogens is 2. The van der Waals surface area contributed by atoms with Crippen LogP contribution in [0.25, 0.3) is 0 Å². The van der Waals surface area contributed by atoms with Gasteiger partial charge in [0, 0.05) is 24.6 Å². The number of hydrogen-bond donors (Lipinski definition) is 1. The normalized spacial score (nSPS) is 10.9. The molecule has 0 unspecified atom stereocenters. The van der Waals surface area contributed by atoms with Crippen LogP contribution in [-0.4, -0.2) is 21.0 Å². The van der Waals surface area contributed by atoms with Gasteiger partial charge in [0.15, 0.2) is 0 Å². The standard InChI is InChI=1S/C12H16N4S/c1-2-16(8-10-6-4-3-5-7-10)9-11-12(13)17-15-14-11/h3-7H,2,8-9,13H2,1H3. The molecule has 0 aliphatic rings. The second kappa shape index (κ2) is 5.75. The molecule has 0 bridgehead atoms. The quantitative estimate of drug-likeness (QED) is 0.881. The molecule has 0 radical (unpaired) electrons. The minimum Gasteiger partial charge on any atom is -0.388 e. The number of nitrogen functional groups attached to an aromatic ring is 1.